The molecule has 1 fully saturated rings. The quantitative estimate of drug-likeness (QED) is 0.629. The van der Waals surface area contributed by atoms with E-state index in [1.807, 2.05) is 0 Å². The molecule has 0 spiro atoms. The van der Waals surface area contributed by atoms with Crippen molar-refractivity contribution in [2.24, 2.45) is 0 Å². The Bertz CT molecular complexity index is 1240. The van der Waals surface area contributed by atoms with E-state index in [0.717, 1.165) is 0 Å². The van der Waals surface area contributed by atoms with Crippen LogP contribution in [0.15, 0.2) is 29.1 Å². The van der Waals surface area contributed by atoms with Gasteiger partial charge in [0.2, 0.25) is 5.75 Å². The highest BCUT2D eigenvalue weighted by atomic mass is 19.1. The number of hydrogen-bond donors (Lipinski definition) is 2. The zero-order valence-corrected chi connectivity index (χ0v) is 19.9. The molecule has 11 heteroatoms. The molecule has 2 unspecified atom stereocenters. The van der Waals surface area contributed by atoms with Crippen LogP contribution in [-0.4, -0.2) is 63.3 Å². The molecule has 2 aliphatic heterocycles. The van der Waals surface area contributed by atoms with E-state index in [0.29, 0.717) is 37.7 Å². The fourth-order valence-corrected chi connectivity index (χ4v) is 5.02. The van der Waals surface area contributed by atoms with Crippen LogP contribution >= 0.6 is 0 Å². The molecule has 1 saturated carbocycles. The third kappa shape index (κ3) is 4.15. The maximum Gasteiger partial charge on any atom is 0.312 e. The number of halogens is 1. The Labute approximate surface area is 201 Å². The summed E-state index contributed by atoms with van der Waals surface area (Å²) in [5.74, 6) is -3.22. The molecule has 0 radical (unpaired) electrons. The van der Waals surface area contributed by atoms with Gasteiger partial charge in [-0.2, -0.15) is 0 Å². The first-order chi connectivity index (χ1) is 16.6. The van der Waals surface area contributed by atoms with Crippen molar-refractivity contribution < 1.29 is 23.9 Å². The summed E-state index contributed by atoms with van der Waals surface area (Å²) in [5, 5.41) is 13.2. The third-order valence-electron chi connectivity index (χ3n) is 7.01. The lowest BCUT2D eigenvalue weighted by atomic mass is 9.84. The van der Waals surface area contributed by atoms with Gasteiger partial charge in [-0.3, -0.25) is 23.7 Å². The standard InChI is InChI=1S/C24H28FN5O5/c1-28(2)21(34)22(35)29(3)24-11-4-5-16(10-12-24)30-20(33)18(31)17(27-23(24)30)19(32)26-13-14-6-8-15(25)9-7-14/h6-9,16,31H,4-5,10-13H2,1-3H3,(H,26,32). The van der Waals surface area contributed by atoms with Gasteiger partial charge in [-0.15, -0.1) is 0 Å². The van der Waals surface area contributed by atoms with Crippen LogP contribution in [0.3, 0.4) is 0 Å². The van der Waals surface area contributed by atoms with Gasteiger partial charge < -0.3 is 20.2 Å². The van der Waals surface area contributed by atoms with Gasteiger partial charge in [0.25, 0.3) is 11.5 Å². The Morgan fingerprint density at radius 2 is 1.83 bits per heavy atom. The molecule has 35 heavy (non-hydrogen) atoms. The van der Waals surface area contributed by atoms with E-state index in [1.54, 1.807) is 0 Å². The molecular weight excluding hydrogens is 457 g/mol. The van der Waals surface area contributed by atoms with Gasteiger partial charge in [0.15, 0.2) is 5.69 Å². The Morgan fingerprint density at radius 3 is 2.49 bits per heavy atom. The Morgan fingerprint density at radius 1 is 1.14 bits per heavy atom. The summed E-state index contributed by atoms with van der Waals surface area (Å²) in [5.41, 5.74) is -1.66. The predicted molar refractivity (Wildman–Crippen MR) is 123 cm³/mol. The smallest absolute Gasteiger partial charge is 0.312 e. The third-order valence-corrected chi connectivity index (χ3v) is 7.01. The molecule has 3 amide bonds. The molecule has 3 aliphatic rings. The monoisotopic (exact) mass is 485 g/mol. The van der Waals surface area contributed by atoms with Crippen molar-refractivity contribution in [3.8, 4) is 5.75 Å². The van der Waals surface area contributed by atoms with Crippen molar-refractivity contribution in [1.29, 1.82) is 0 Å². The number of carbonyl (C=O) groups is 3. The van der Waals surface area contributed by atoms with Crippen molar-refractivity contribution in [3.63, 3.8) is 0 Å². The second kappa shape index (κ2) is 9.12. The van der Waals surface area contributed by atoms with E-state index in [9.17, 15) is 28.7 Å². The molecule has 2 atom stereocenters. The van der Waals surface area contributed by atoms with E-state index >= 15 is 0 Å². The number of benzene rings is 1. The number of aromatic nitrogens is 2. The molecule has 2 bridgehead atoms. The van der Waals surface area contributed by atoms with Gasteiger partial charge in [-0.25, -0.2) is 9.37 Å². The highest BCUT2D eigenvalue weighted by molar-refractivity contribution is 6.34. The molecule has 0 saturated heterocycles. The van der Waals surface area contributed by atoms with Crippen LogP contribution in [0.2, 0.25) is 0 Å². The van der Waals surface area contributed by atoms with Crippen molar-refractivity contribution in [2.45, 2.75) is 50.2 Å². The number of likely N-dealkylation sites (N-methyl/N-ethyl adjacent to an activating group) is 2. The van der Waals surface area contributed by atoms with E-state index < -0.39 is 46.1 Å². The normalized spacial score (nSPS) is 20.5. The number of amides is 3. The molecule has 1 aliphatic carbocycles. The topological polar surface area (TPSA) is 125 Å². The Balaban J connectivity index is 1.75. The number of rotatable bonds is 4. The van der Waals surface area contributed by atoms with Crippen LogP contribution in [-0.2, 0) is 21.7 Å². The molecule has 10 nitrogen and oxygen atoms in total. The average Bonchev–Trinajstić information content (AvgIpc) is 3.16. The maximum atomic E-state index is 13.2. The van der Waals surface area contributed by atoms with Crippen molar-refractivity contribution in [3.05, 3.63) is 57.5 Å². The molecule has 3 heterocycles. The van der Waals surface area contributed by atoms with E-state index in [2.05, 4.69) is 10.3 Å². The predicted octanol–water partition coefficient (Wildman–Crippen LogP) is 1.28. The zero-order chi connectivity index (χ0) is 25.5. The van der Waals surface area contributed by atoms with E-state index in [4.69, 9.17) is 0 Å². The molecule has 5 rings (SSSR count). The lowest BCUT2D eigenvalue weighted by molar-refractivity contribution is -0.154. The summed E-state index contributed by atoms with van der Waals surface area (Å²) in [6.07, 6.45) is 2.82. The Kier molecular flexibility index (Phi) is 6.35. The summed E-state index contributed by atoms with van der Waals surface area (Å²) >= 11 is 0. The number of carbonyl (C=O) groups excluding carboxylic acids is 3. The average molecular weight is 486 g/mol. The number of fused-ring (bicyclic) bond motifs is 3. The molecule has 186 valence electrons. The highest BCUT2D eigenvalue weighted by Gasteiger charge is 2.50. The van der Waals surface area contributed by atoms with Crippen molar-refractivity contribution >= 4 is 17.7 Å². The van der Waals surface area contributed by atoms with Crippen LogP contribution in [0, 0.1) is 5.82 Å². The second-order valence-corrected chi connectivity index (χ2v) is 9.30. The van der Waals surface area contributed by atoms with Gasteiger partial charge in [-0.05, 0) is 49.8 Å². The molecule has 2 aromatic rings. The first-order valence-electron chi connectivity index (χ1n) is 11.4. The highest BCUT2D eigenvalue weighted by Crippen LogP contribution is 2.47. The minimum Gasteiger partial charge on any atom is -0.501 e. The minimum atomic E-state index is -1.07. The number of aromatic hydroxyl groups is 1. The van der Waals surface area contributed by atoms with Crippen molar-refractivity contribution in [1.82, 2.24) is 24.7 Å². The molecule has 2 N–H and O–H groups in total. The fraction of sp³-hybridized carbons (Fsp3) is 0.458. The van der Waals surface area contributed by atoms with Crippen LogP contribution in [0.25, 0.3) is 0 Å². The summed E-state index contributed by atoms with van der Waals surface area (Å²) < 4.78 is 14.5. The van der Waals surface area contributed by atoms with Gasteiger partial charge in [-0.1, -0.05) is 12.1 Å². The Hall–Kier alpha value is -3.76. The lowest BCUT2D eigenvalue weighted by Gasteiger charge is -2.44. The van der Waals surface area contributed by atoms with Crippen LogP contribution in [0.1, 0.15) is 60.0 Å². The molecule has 1 aromatic carbocycles. The maximum absolute atomic E-state index is 13.2. The van der Waals surface area contributed by atoms with Crippen LogP contribution in [0.5, 0.6) is 5.75 Å². The summed E-state index contributed by atoms with van der Waals surface area (Å²) in [4.78, 5) is 58.6. The molecule has 1 aromatic heterocycles. The second-order valence-electron chi connectivity index (χ2n) is 9.30. The van der Waals surface area contributed by atoms with Crippen LogP contribution < -0.4 is 10.9 Å². The fourth-order valence-electron chi connectivity index (χ4n) is 5.02. The van der Waals surface area contributed by atoms with Gasteiger partial charge in [0.1, 0.15) is 17.2 Å². The first-order valence-corrected chi connectivity index (χ1v) is 11.4. The first kappa shape index (κ1) is 24.4. The lowest BCUT2D eigenvalue weighted by Crippen LogP contribution is -2.55. The summed E-state index contributed by atoms with van der Waals surface area (Å²) in [7, 11) is 4.47. The van der Waals surface area contributed by atoms with Crippen LogP contribution in [0.4, 0.5) is 4.39 Å². The number of nitrogens with one attached hydrogen (secondary N) is 1. The van der Waals surface area contributed by atoms with Gasteiger partial charge >= 0.3 is 11.8 Å². The summed E-state index contributed by atoms with van der Waals surface area (Å²) in [6.45, 7) is 0.0299. The molecular formula is C24H28FN5O5. The minimum absolute atomic E-state index is 0.0299. The SMILES string of the molecule is CN(C)C(=O)C(=O)N(C)C12CCCC(CC1)n1c2nc(C(=O)NCc2ccc(F)cc2)c(O)c1=O. The van der Waals surface area contributed by atoms with E-state index in [-0.39, 0.29) is 18.4 Å². The van der Waals surface area contributed by atoms with E-state index in [1.165, 1.54) is 59.8 Å². The van der Waals surface area contributed by atoms with Gasteiger partial charge in [0.05, 0.1) is 0 Å². The zero-order valence-electron chi connectivity index (χ0n) is 19.9. The number of hydrogen-bond acceptors (Lipinski definition) is 6. The number of nitrogens with zero attached hydrogens (tertiary/aromatic N) is 4. The van der Waals surface area contributed by atoms with Crippen molar-refractivity contribution in [2.75, 3.05) is 21.1 Å². The largest absolute Gasteiger partial charge is 0.501 e. The summed E-state index contributed by atoms with van der Waals surface area (Å²) in [6, 6.07) is 5.30. The van der Waals surface area contributed by atoms with Gasteiger partial charge in [0, 0.05) is 33.7 Å².